The van der Waals surface area contributed by atoms with Gasteiger partial charge in [-0.25, -0.2) is 0 Å². The number of benzene rings is 2. The summed E-state index contributed by atoms with van der Waals surface area (Å²) in [6.45, 7) is 9.62. The number of aryl methyl sites for hydroxylation is 1. The third-order valence-corrected chi connectivity index (χ3v) is 6.22. The Morgan fingerprint density at radius 2 is 2.03 bits per heavy atom. The van der Waals surface area contributed by atoms with Crippen LogP contribution in [0.3, 0.4) is 0 Å². The molecular formula is C25H31NO4. The molecule has 1 atom stereocenters. The SMILES string of the molecule is CCCOc1ccc(C2CCc3c(C)cc4c(c3OC2)CCC(C)(C)O4)c(N=O)c1. The Balaban J connectivity index is 1.61. The fraction of sp³-hybridized carbons (Fsp3) is 0.520. The zero-order valence-corrected chi connectivity index (χ0v) is 18.4. The largest absolute Gasteiger partial charge is 0.494 e. The summed E-state index contributed by atoms with van der Waals surface area (Å²) in [5.41, 5.74) is 4.90. The van der Waals surface area contributed by atoms with E-state index in [1.54, 1.807) is 6.07 Å². The highest BCUT2D eigenvalue weighted by atomic mass is 16.5. The summed E-state index contributed by atoms with van der Waals surface area (Å²) in [5.74, 6) is 2.75. The van der Waals surface area contributed by atoms with Crippen LogP contribution < -0.4 is 14.2 Å². The van der Waals surface area contributed by atoms with Gasteiger partial charge in [0.1, 0.15) is 28.5 Å². The topological polar surface area (TPSA) is 57.1 Å². The Kier molecular flexibility index (Phi) is 5.72. The van der Waals surface area contributed by atoms with Gasteiger partial charge in [0.2, 0.25) is 0 Å². The van der Waals surface area contributed by atoms with E-state index < -0.39 is 0 Å². The van der Waals surface area contributed by atoms with Crippen molar-refractivity contribution >= 4 is 5.69 Å². The van der Waals surface area contributed by atoms with E-state index >= 15 is 0 Å². The van der Waals surface area contributed by atoms with Crippen LogP contribution >= 0.6 is 0 Å². The third-order valence-electron chi connectivity index (χ3n) is 6.22. The van der Waals surface area contributed by atoms with Crippen molar-refractivity contribution < 1.29 is 14.2 Å². The number of nitrogens with zero attached hydrogens (tertiary/aromatic N) is 1. The molecular weight excluding hydrogens is 378 g/mol. The van der Waals surface area contributed by atoms with Crippen LogP contribution in [-0.4, -0.2) is 18.8 Å². The summed E-state index contributed by atoms with van der Waals surface area (Å²) < 4.78 is 18.3. The van der Waals surface area contributed by atoms with Crippen molar-refractivity contribution in [3.8, 4) is 17.2 Å². The molecule has 1 unspecified atom stereocenters. The molecule has 0 saturated heterocycles. The molecule has 0 saturated carbocycles. The quantitative estimate of drug-likeness (QED) is 0.537. The first kappa shape index (κ1) is 20.7. The lowest BCUT2D eigenvalue weighted by atomic mass is 9.88. The zero-order valence-electron chi connectivity index (χ0n) is 18.4. The Hall–Kier alpha value is -2.56. The van der Waals surface area contributed by atoms with Gasteiger partial charge in [0.25, 0.3) is 0 Å². The fourth-order valence-corrected chi connectivity index (χ4v) is 4.52. The summed E-state index contributed by atoms with van der Waals surface area (Å²) in [7, 11) is 0. The van der Waals surface area contributed by atoms with Crippen LogP contribution in [0.15, 0.2) is 29.4 Å². The second-order valence-electron chi connectivity index (χ2n) is 9.05. The second-order valence-corrected chi connectivity index (χ2v) is 9.05. The number of nitroso groups, excluding NO2 is 1. The van der Waals surface area contributed by atoms with Gasteiger partial charge in [-0.1, -0.05) is 13.0 Å². The van der Waals surface area contributed by atoms with Gasteiger partial charge in [0.05, 0.1) is 13.2 Å². The van der Waals surface area contributed by atoms with Gasteiger partial charge in [0.15, 0.2) is 0 Å². The standard InChI is InChI=1S/C25H31NO4/c1-5-12-28-18-7-9-20(22(14-18)26-27)17-6-8-19-16(2)13-23-21(24(19)29-15-17)10-11-25(3,4)30-23/h7,9,13-14,17H,5-6,8,10-12,15H2,1-4H3. The summed E-state index contributed by atoms with van der Waals surface area (Å²) in [6.07, 6.45) is 4.68. The molecule has 2 aliphatic rings. The number of fused-ring (bicyclic) bond motifs is 3. The molecule has 0 aromatic heterocycles. The van der Waals surface area contributed by atoms with Crippen molar-refractivity contribution in [1.29, 1.82) is 0 Å². The first-order chi connectivity index (χ1) is 14.4. The highest BCUT2D eigenvalue weighted by molar-refractivity contribution is 5.57. The molecule has 4 rings (SSSR count). The van der Waals surface area contributed by atoms with Crippen molar-refractivity contribution in [2.24, 2.45) is 5.18 Å². The molecule has 5 heteroatoms. The molecule has 160 valence electrons. The van der Waals surface area contributed by atoms with Gasteiger partial charge >= 0.3 is 0 Å². The molecule has 30 heavy (non-hydrogen) atoms. The van der Waals surface area contributed by atoms with Gasteiger partial charge < -0.3 is 14.2 Å². The summed E-state index contributed by atoms with van der Waals surface area (Å²) >= 11 is 0. The van der Waals surface area contributed by atoms with E-state index in [1.165, 1.54) is 16.7 Å². The van der Waals surface area contributed by atoms with E-state index in [-0.39, 0.29) is 11.5 Å². The van der Waals surface area contributed by atoms with Crippen LogP contribution in [0.4, 0.5) is 5.69 Å². The van der Waals surface area contributed by atoms with Gasteiger partial charge in [-0.05, 0) is 86.9 Å². The number of ether oxygens (including phenoxy) is 3. The van der Waals surface area contributed by atoms with E-state index in [9.17, 15) is 4.91 Å². The number of hydrogen-bond donors (Lipinski definition) is 0. The van der Waals surface area contributed by atoms with Crippen LogP contribution in [-0.2, 0) is 12.8 Å². The van der Waals surface area contributed by atoms with Crippen molar-refractivity contribution in [3.63, 3.8) is 0 Å². The molecule has 0 fully saturated rings. The van der Waals surface area contributed by atoms with Gasteiger partial charge in [-0.15, -0.1) is 4.91 Å². The van der Waals surface area contributed by atoms with Crippen molar-refractivity contribution in [2.75, 3.05) is 13.2 Å². The molecule has 0 bridgehead atoms. The molecule has 0 radical (unpaired) electrons. The maximum absolute atomic E-state index is 11.5. The minimum Gasteiger partial charge on any atom is -0.494 e. The molecule has 2 heterocycles. The Labute approximate surface area is 178 Å². The summed E-state index contributed by atoms with van der Waals surface area (Å²) in [4.78, 5) is 11.5. The summed E-state index contributed by atoms with van der Waals surface area (Å²) in [6, 6.07) is 7.82. The zero-order chi connectivity index (χ0) is 21.3. The van der Waals surface area contributed by atoms with Crippen molar-refractivity contribution in [3.05, 3.63) is 51.4 Å². The molecule has 2 aromatic rings. The predicted octanol–water partition coefficient (Wildman–Crippen LogP) is 6.39. The van der Waals surface area contributed by atoms with E-state index in [0.717, 1.165) is 49.2 Å². The van der Waals surface area contributed by atoms with Gasteiger partial charge in [-0.2, -0.15) is 0 Å². The average molecular weight is 410 g/mol. The molecule has 2 aliphatic heterocycles. The highest BCUT2D eigenvalue weighted by Gasteiger charge is 2.32. The van der Waals surface area contributed by atoms with Crippen LogP contribution in [0.5, 0.6) is 17.2 Å². The van der Waals surface area contributed by atoms with Crippen LogP contribution in [0.1, 0.15) is 68.2 Å². The first-order valence-corrected chi connectivity index (χ1v) is 11.0. The number of rotatable bonds is 5. The van der Waals surface area contributed by atoms with E-state index in [4.69, 9.17) is 14.2 Å². The minimum atomic E-state index is -0.146. The number of hydrogen-bond acceptors (Lipinski definition) is 5. The van der Waals surface area contributed by atoms with E-state index in [2.05, 4.69) is 38.9 Å². The Morgan fingerprint density at radius 1 is 1.20 bits per heavy atom. The smallest absolute Gasteiger partial charge is 0.129 e. The summed E-state index contributed by atoms with van der Waals surface area (Å²) in [5, 5.41) is 3.29. The van der Waals surface area contributed by atoms with Gasteiger partial charge in [-0.3, -0.25) is 0 Å². The first-order valence-electron chi connectivity index (χ1n) is 11.0. The maximum Gasteiger partial charge on any atom is 0.129 e. The minimum absolute atomic E-state index is 0.112. The average Bonchev–Trinajstić information content (AvgIpc) is 2.95. The molecule has 2 aromatic carbocycles. The predicted molar refractivity (Wildman–Crippen MR) is 118 cm³/mol. The van der Waals surface area contributed by atoms with Crippen molar-refractivity contribution in [2.45, 2.75) is 71.3 Å². The maximum atomic E-state index is 11.5. The van der Waals surface area contributed by atoms with Crippen LogP contribution in [0, 0.1) is 11.8 Å². The molecule has 5 nitrogen and oxygen atoms in total. The molecule has 0 N–H and O–H groups in total. The van der Waals surface area contributed by atoms with Gasteiger partial charge in [0, 0.05) is 17.5 Å². The van der Waals surface area contributed by atoms with Crippen molar-refractivity contribution in [1.82, 2.24) is 0 Å². The Bertz CT molecular complexity index is 951. The monoisotopic (exact) mass is 409 g/mol. The molecule has 0 spiro atoms. The normalized spacial score (nSPS) is 19.5. The lowest BCUT2D eigenvalue weighted by Gasteiger charge is -2.34. The fourth-order valence-electron chi connectivity index (χ4n) is 4.52. The Morgan fingerprint density at radius 3 is 2.80 bits per heavy atom. The van der Waals surface area contributed by atoms with E-state index in [0.29, 0.717) is 24.7 Å². The highest BCUT2D eigenvalue weighted by Crippen LogP contribution is 2.45. The third kappa shape index (κ3) is 4.03. The second kappa shape index (κ2) is 8.29. The molecule has 0 amide bonds. The van der Waals surface area contributed by atoms with E-state index in [1.807, 2.05) is 12.1 Å². The van der Waals surface area contributed by atoms with Crippen LogP contribution in [0.2, 0.25) is 0 Å². The lowest BCUT2D eigenvalue weighted by molar-refractivity contribution is 0.0831. The lowest BCUT2D eigenvalue weighted by Crippen LogP contribution is -2.33. The molecule has 0 aliphatic carbocycles. The van der Waals surface area contributed by atoms with Crippen LogP contribution in [0.25, 0.3) is 0 Å².